The first-order chi connectivity index (χ1) is 17.5. The van der Waals surface area contributed by atoms with E-state index in [1.807, 2.05) is 44.2 Å². The van der Waals surface area contributed by atoms with Crippen molar-refractivity contribution >= 4 is 11.8 Å². The molecule has 1 atom stereocenters. The van der Waals surface area contributed by atoms with Crippen molar-refractivity contribution in [2.75, 3.05) is 0 Å². The van der Waals surface area contributed by atoms with Crippen LogP contribution in [-0.4, -0.2) is 28.8 Å². The molecule has 0 heterocycles. The van der Waals surface area contributed by atoms with E-state index in [0.29, 0.717) is 18.4 Å². The van der Waals surface area contributed by atoms with Gasteiger partial charge in [-0.15, -0.1) is 0 Å². The van der Waals surface area contributed by atoms with E-state index in [4.69, 9.17) is 0 Å². The molecule has 3 rings (SSSR count). The zero-order valence-electron chi connectivity index (χ0n) is 22.6. The van der Waals surface area contributed by atoms with Crippen LogP contribution in [0.1, 0.15) is 63.3 Å². The Labute approximate surface area is 220 Å². The average molecular weight is 503 g/mol. The van der Waals surface area contributed by atoms with Gasteiger partial charge in [0.1, 0.15) is 11.9 Å². The van der Waals surface area contributed by atoms with E-state index in [-0.39, 0.29) is 42.1 Å². The summed E-state index contributed by atoms with van der Waals surface area (Å²) in [6.07, 6.45) is 1.12. The number of aryl methyl sites for hydroxylation is 1. The van der Waals surface area contributed by atoms with E-state index in [1.54, 1.807) is 23.1 Å². The molecule has 5 heteroatoms. The molecule has 0 saturated carbocycles. The van der Waals surface area contributed by atoms with Gasteiger partial charge in [0.05, 0.1) is 0 Å². The standard InChI is InChI=1S/C32H39FN2O2/c1-23(2)34-31(37)29(21-25-11-7-6-8-12-25)35(22-26-13-9-10-14-28(26)33)30(36)20-17-24-15-18-27(19-16-24)32(3,4)5/h6-16,18-19,23,29H,17,20-22H2,1-5H3,(H,34,37)/t29-/m0/s1. The monoisotopic (exact) mass is 502 g/mol. The number of nitrogens with one attached hydrogen (secondary N) is 1. The van der Waals surface area contributed by atoms with Crippen molar-refractivity contribution in [3.8, 4) is 0 Å². The van der Waals surface area contributed by atoms with Crippen LogP contribution in [0.5, 0.6) is 0 Å². The fourth-order valence-corrected chi connectivity index (χ4v) is 4.31. The van der Waals surface area contributed by atoms with Gasteiger partial charge in [-0.25, -0.2) is 4.39 Å². The van der Waals surface area contributed by atoms with Crippen LogP contribution in [0.15, 0.2) is 78.9 Å². The summed E-state index contributed by atoms with van der Waals surface area (Å²) in [5, 5.41) is 2.97. The van der Waals surface area contributed by atoms with E-state index in [0.717, 1.165) is 11.1 Å². The van der Waals surface area contributed by atoms with Gasteiger partial charge < -0.3 is 10.2 Å². The SMILES string of the molecule is CC(C)NC(=O)[C@H](Cc1ccccc1)N(Cc1ccccc1F)C(=O)CCc1ccc(C(C)(C)C)cc1. The van der Waals surface area contributed by atoms with Crippen molar-refractivity contribution in [1.29, 1.82) is 0 Å². The van der Waals surface area contributed by atoms with Crippen LogP contribution in [-0.2, 0) is 34.4 Å². The Hall–Kier alpha value is -3.47. The summed E-state index contributed by atoms with van der Waals surface area (Å²) in [4.78, 5) is 28.6. The number of rotatable bonds is 10. The van der Waals surface area contributed by atoms with Crippen LogP contribution in [0, 0.1) is 5.82 Å². The summed E-state index contributed by atoms with van der Waals surface area (Å²) in [5.41, 5.74) is 3.67. The number of hydrogen-bond acceptors (Lipinski definition) is 2. The van der Waals surface area contributed by atoms with Gasteiger partial charge in [-0.1, -0.05) is 93.6 Å². The molecule has 0 radical (unpaired) electrons. The highest BCUT2D eigenvalue weighted by Gasteiger charge is 2.31. The van der Waals surface area contributed by atoms with Gasteiger partial charge >= 0.3 is 0 Å². The van der Waals surface area contributed by atoms with E-state index >= 15 is 0 Å². The second-order valence-electron chi connectivity index (χ2n) is 10.9. The smallest absolute Gasteiger partial charge is 0.243 e. The van der Waals surface area contributed by atoms with Crippen LogP contribution in [0.3, 0.4) is 0 Å². The topological polar surface area (TPSA) is 49.4 Å². The lowest BCUT2D eigenvalue weighted by molar-refractivity contribution is -0.141. The van der Waals surface area contributed by atoms with Gasteiger partial charge in [-0.3, -0.25) is 9.59 Å². The van der Waals surface area contributed by atoms with Crippen LogP contribution >= 0.6 is 0 Å². The highest BCUT2D eigenvalue weighted by Crippen LogP contribution is 2.23. The van der Waals surface area contributed by atoms with Gasteiger partial charge in [0.25, 0.3) is 0 Å². The number of nitrogens with zero attached hydrogens (tertiary/aromatic N) is 1. The normalized spacial score (nSPS) is 12.3. The van der Waals surface area contributed by atoms with E-state index in [1.165, 1.54) is 11.6 Å². The Kier molecular flexibility index (Phi) is 9.62. The Balaban J connectivity index is 1.89. The predicted molar refractivity (Wildman–Crippen MR) is 148 cm³/mol. The molecule has 1 N–H and O–H groups in total. The minimum absolute atomic E-state index is 0.0253. The van der Waals surface area contributed by atoms with E-state index in [2.05, 4.69) is 50.4 Å². The minimum Gasteiger partial charge on any atom is -0.352 e. The van der Waals surface area contributed by atoms with Crippen LogP contribution in [0.2, 0.25) is 0 Å². The zero-order chi connectivity index (χ0) is 27.0. The molecule has 196 valence electrons. The largest absolute Gasteiger partial charge is 0.352 e. The third-order valence-corrected chi connectivity index (χ3v) is 6.45. The zero-order valence-corrected chi connectivity index (χ0v) is 22.6. The van der Waals surface area contributed by atoms with Crippen molar-refractivity contribution in [1.82, 2.24) is 10.2 Å². The first kappa shape index (κ1) is 28.1. The molecule has 37 heavy (non-hydrogen) atoms. The van der Waals surface area contributed by atoms with Gasteiger partial charge in [-0.05, 0) is 48.4 Å². The molecule has 0 saturated heterocycles. The average Bonchev–Trinajstić information content (AvgIpc) is 2.85. The maximum Gasteiger partial charge on any atom is 0.243 e. The van der Waals surface area contributed by atoms with Gasteiger partial charge in [-0.2, -0.15) is 0 Å². The molecule has 3 aromatic rings. The third kappa shape index (κ3) is 8.28. The van der Waals surface area contributed by atoms with Crippen molar-refractivity contribution in [3.05, 3.63) is 107 Å². The van der Waals surface area contributed by atoms with E-state index < -0.39 is 6.04 Å². The highest BCUT2D eigenvalue weighted by molar-refractivity contribution is 5.88. The predicted octanol–water partition coefficient (Wildman–Crippen LogP) is 6.22. The molecule has 0 bridgehead atoms. The second-order valence-corrected chi connectivity index (χ2v) is 10.9. The lowest BCUT2D eigenvalue weighted by atomic mass is 9.86. The van der Waals surface area contributed by atoms with Crippen LogP contribution in [0.4, 0.5) is 4.39 Å². The molecule has 0 unspecified atom stereocenters. The van der Waals surface area contributed by atoms with Crippen molar-refractivity contribution in [2.24, 2.45) is 0 Å². The minimum atomic E-state index is -0.764. The molecule has 0 spiro atoms. The molecule has 4 nitrogen and oxygen atoms in total. The Morgan fingerprint density at radius 2 is 1.49 bits per heavy atom. The van der Waals surface area contributed by atoms with E-state index in [9.17, 15) is 14.0 Å². The first-order valence-corrected chi connectivity index (χ1v) is 13.0. The highest BCUT2D eigenvalue weighted by atomic mass is 19.1. The molecule has 0 aromatic heterocycles. The molecule has 3 aromatic carbocycles. The number of amides is 2. The molecule has 0 aliphatic carbocycles. The first-order valence-electron chi connectivity index (χ1n) is 13.0. The number of halogens is 1. The lowest BCUT2D eigenvalue weighted by Gasteiger charge is -2.32. The maximum absolute atomic E-state index is 14.7. The lowest BCUT2D eigenvalue weighted by Crippen LogP contribution is -2.52. The molecule has 0 aliphatic rings. The number of hydrogen-bond donors (Lipinski definition) is 1. The summed E-state index contributed by atoms with van der Waals surface area (Å²) < 4.78 is 14.7. The Bertz CT molecular complexity index is 1170. The van der Waals surface area contributed by atoms with Gasteiger partial charge in [0, 0.05) is 31.0 Å². The van der Waals surface area contributed by atoms with Crippen molar-refractivity contribution in [3.63, 3.8) is 0 Å². The molecule has 0 aliphatic heterocycles. The maximum atomic E-state index is 14.7. The summed E-state index contributed by atoms with van der Waals surface area (Å²) in [7, 11) is 0. The second kappa shape index (κ2) is 12.7. The molecule has 0 fully saturated rings. The molecular formula is C32H39FN2O2. The fourth-order valence-electron chi connectivity index (χ4n) is 4.31. The van der Waals surface area contributed by atoms with Crippen LogP contribution < -0.4 is 5.32 Å². The van der Waals surface area contributed by atoms with Crippen LogP contribution in [0.25, 0.3) is 0 Å². The molecule has 2 amide bonds. The van der Waals surface area contributed by atoms with Crippen molar-refractivity contribution in [2.45, 2.75) is 77.9 Å². The quantitative estimate of drug-likeness (QED) is 0.358. The third-order valence-electron chi connectivity index (χ3n) is 6.45. The summed E-state index contributed by atoms with van der Waals surface area (Å²) >= 11 is 0. The summed E-state index contributed by atoms with van der Waals surface area (Å²) in [6.45, 7) is 10.3. The van der Waals surface area contributed by atoms with Gasteiger partial charge in [0.2, 0.25) is 11.8 Å². The number of carbonyl (C=O) groups is 2. The number of benzene rings is 3. The Morgan fingerprint density at radius 3 is 2.08 bits per heavy atom. The van der Waals surface area contributed by atoms with Gasteiger partial charge in [0.15, 0.2) is 0 Å². The fraction of sp³-hybridized carbons (Fsp3) is 0.375. The molecular weight excluding hydrogens is 463 g/mol. The van der Waals surface area contributed by atoms with Crippen molar-refractivity contribution < 1.29 is 14.0 Å². The Morgan fingerprint density at radius 1 is 0.865 bits per heavy atom. The summed E-state index contributed by atoms with van der Waals surface area (Å²) in [5.74, 6) is -0.804. The summed E-state index contributed by atoms with van der Waals surface area (Å²) in [6, 6.07) is 23.5. The number of carbonyl (C=O) groups excluding carboxylic acids is 2.